The maximum Gasteiger partial charge on any atom is 0.273 e. The van der Waals surface area contributed by atoms with Crippen molar-refractivity contribution in [1.29, 1.82) is 0 Å². The molecule has 5 heteroatoms. The summed E-state index contributed by atoms with van der Waals surface area (Å²) in [5, 5.41) is 12.5. The van der Waals surface area contributed by atoms with Gasteiger partial charge in [-0.1, -0.05) is 6.92 Å². The standard InChI is InChI=1S/C7H10N4O/c1-4-2-5(4)9-7(12)6-3-8-11-10-6/h3-5H,2H2,1H3,(H,9,12)(H,8,10,11). The Balaban J connectivity index is 1.93. The molecule has 0 aromatic carbocycles. The number of nitrogens with zero attached hydrogens (tertiary/aromatic N) is 2. The average Bonchev–Trinajstić information content (AvgIpc) is 2.58. The van der Waals surface area contributed by atoms with Crippen molar-refractivity contribution >= 4 is 5.91 Å². The van der Waals surface area contributed by atoms with E-state index in [1.165, 1.54) is 6.20 Å². The molecule has 2 rings (SSSR count). The van der Waals surface area contributed by atoms with Crippen LogP contribution in [0, 0.1) is 5.92 Å². The Hall–Kier alpha value is -1.39. The number of hydrogen-bond acceptors (Lipinski definition) is 3. The first kappa shape index (κ1) is 7.27. The first-order valence-corrected chi connectivity index (χ1v) is 3.94. The molecule has 0 aliphatic heterocycles. The van der Waals surface area contributed by atoms with Crippen molar-refractivity contribution in [3.8, 4) is 0 Å². The van der Waals surface area contributed by atoms with Gasteiger partial charge in [0.15, 0.2) is 5.69 Å². The molecule has 1 fully saturated rings. The third kappa shape index (κ3) is 1.30. The van der Waals surface area contributed by atoms with Crippen LogP contribution in [0.1, 0.15) is 23.8 Å². The van der Waals surface area contributed by atoms with Crippen LogP contribution in [-0.2, 0) is 0 Å². The normalized spacial score (nSPS) is 26.8. The van der Waals surface area contributed by atoms with Crippen LogP contribution in [0.3, 0.4) is 0 Å². The molecule has 12 heavy (non-hydrogen) atoms. The molecule has 2 unspecified atom stereocenters. The second-order valence-electron chi connectivity index (χ2n) is 3.15. The number of hydrogen-bond donors (Lipinski definition) is 2. The Morgan fingerprint density at radius 1 is 1.83 bits per heavy atom. The molecule has 1 aromatic heterocycles. The monoisotopic (exact) mass is 166 g/mol. The number of carbonyl (C=O) groups excluding carboxylic acids is 1. The van der Waals surface area contributed by atoms with E-state index >= 15 is 0 Å². The molecular formula is C7H10N4O. The minimum absolute atomic E-state index is 0.141. The molecule has 64 valence electrons. The summed E-state index contributed by atoms with van der Waals surface area (Å²) >= 11 is 0. The van der Waals surface area contributed by atoms with E-state index in [1.54, 1.807) is 0 Å². The van der Waals surface area contributed by atoms with E-state index in [0.29, 0.717) is 17.7 Å². The Morgan fingerprint density at radius 2 is 2.58 bits per heavy atom. The lowest BCUT2D eigenvalue weighted by atomic mass is 10.4. The van der Waals surface area contributed by atoms with Crippen LogP contribution in [0.2, 0.25) is 0 Å². The number of H-pyrrole nitrogens is 1. The molecule has 1 aliphatic carbocycles. The van der Waals surface area contributed by atoms with Gasteiger partial charge in [-0.2, -0.15) is 15.4 Å². The van der Waals surface area contributed by atoms with Crippen LogP contribution >= 0.6 is 0 Å². The second-order valence-corrected chi connectivity index (χ2v) is 3.15. The Kier molecular flexibility index (Phi) is 1.56. The second kappa shape index (κ2) is 2.58. The van der Waals surface area contributed by atoms with E-state index in [1.807, 2.05) is 0 Å². The topological polar surface area (TPSA) is 70.7 Å². The Labute approximate surface area is 69.5 Å². The molecule has 1 aliphatic rings. The van der Waals surface area contributed by atoms with Gasteiger partial charge in [0, 0.05) is 6.04 Å². The lowest BCUT2D eigenvalue weighted by Gasteiger charge is -1.98. The fourth-order valence-corrected chi connectivity index (χ4v) is 1.08. The van der Waals surface area contributed by atoms with Gasteiger partial charge in [0.2, 0.25) is 0 Å². The number of carbonyl (C=O) groups is 1. The third-order valence-electron chi connectivity index (χ3n) is 2.07. The predicted octanol–water partition coefficient (Wildman–Crippen LogP) is -0.0571. The van der Waals surface area contributed by atoms with Crippen molar-refractivity contribution in [3.05, 3.63) is 11.9 Å². The Bertz CT molecular complexity index is 282. The van der Waals surface area contributed by atoms with Crippen molar-refractivity contribution in [3.63, 3.8) is 0 Å². The highest BCUT2D eigenvalue weighted by Gasteiger charge is 2.34. The van der Waals surface area contributed by atoms with Crippen LogP contribution in [0.4, 0.5) is 0 Å². The van der Waals surface area contributed by atoms with E-state index in [0.717, 1.165) is 6.42 Å². The zero-order chi connectivity index (χ0) is 8.55. The molecule has 0 spiro atoms. The van der Waals surface area contributed by atoms with Crippen LogP contribution in [-0.4, -0.2) is 27.4 Å². The number of amides is 1. The van der Waals surface area contributed by atoms with Gasteiger partial charge in [-0.05, 0) is 12.3 Å². The third-order valence-corrected chi connectivity index (χ3v) is 2.07. The number of aromatic amines is 1. The minimum Gasteiger partial charge on any atom is -0.348 e. The van der Waals surface area contributed by atoms with Gasteiger partial charge in [-0.25, -0.2) is 0 Å². The molecule has 1 aromatic rings. The van der Waals surface area contributed by atoms with Gasteiger partial charge in [0.25, 0.3) is 5.91 Å². The maximum atomic E-state index is 11.3. The number of aromatic nitrogens is 3. The van der Waals surface area contributed by atoms with E-state index in [2.05, 4.69) is 27.7 Å². The summed E-state index contributed by atoms with van der Waals surface area (Å²) in [5.41, 5.74) is 0.356. The lowest BCUT2D eigenvalue weighted by molar-refractivity contribution is 0.0944. The van der Waals surface area contributed by atoms with Crippen molar-refractivity contribution in [1.82, 2.24) is 20.7 Å². The summed E-state index contributed by atoms with van der Waals surface area (Å²) in [7, 11) is 0. The van der Waals surface area contributed by atoms with Gasteiger partial charge in [-0.15, -0.1) is 0 Å². The van der Waals surface area contributed by atoms with Crippen LogP contribution < -0.4 is 5.32 Å². The number of nitrogens with one attached hydrogen (secondary N) is 2. The van der Waals surface area contributed by atoms with Gasteiger partial charge in [0.1, 0.15) is 0 Å². The van der Waals surface area contributed by atoms with Gasteiger partial charge < -0.3 is 5.32 Å². The summed E-state index contributed by atoms with van der Waals surface area (Å²) in [4.78, 5) is 11.3. The Morgan fingerprint density at radius 3 is 3.08 bits per heavy atom. The van der Waals surface area contributed by atoms with Crippen LogP contribution in [0.5, 0.6) is 0 Å². The quantitative estimate of drug-likeness (QED) is 0.646. The van der Waals surface area contributed by atoms with E-state index < -0.39 is 0 Å². The molecule has 1 amide bonds. The average molecular weight is 166 g/mol. The smallest absolute Gasteiger partial charge is 0.273 e. The molecule has 2 N–H and O–H groups in total. The lowest BCUT2D eigenvalue weighted by Crippen LogP contribution is -2.26. The molecule has 0 saturated heterocycles. The van der Waals surface area contributed by atoms with E-state index in [9.17, 15) is 4.79 Å². The molecular weight excluding hydrogens is 156 g/mol. The molecule has 0 bridgehead atoms. The van der Waals surface area contributed by atoms with Crippen LogP contribution in [0.25, 0.3) is 0 Å². The predicted molar refractivity (Wildman–Crippen MR) is 41.4 cm³/mol. The van der Waals surface area contributed by atoms with Gasteiger partial charge >= 0.3 is 0 Å². The highest BCUT2D eigenvalue weighted by molar-refractivity contribution is 5.92. The molecule has 2 atom stereocenters. The summed E-state index contributed by atoms with van der Waals surface area (Å²) < 4.78 is 0. The summed E-state index contributed by atoms with van der Waals surface area (Å²) in [6.07, 6.45) is 2.49. The van der Waals surface area contributed by atoms with Crippen molar-refractivity contribution in [2.75, 3.05) is 0 Å². The van der Waals surface area contributed by atoms with E-state index in [4.69, 9.17) is 0 Å². The zero-order valence-electron chi connectivity index (χ0n) is 6.74. The minimum atomic E-state index is -0.141. The fourth-order valence-electron chi connectivity index (χ4n) is 1.08. The summed E-state index contributed by atoms with van der Waals surface area (Å²) in [6.45, 7) is 2.10. The largest absolute Gasteiger partial charge is 0.348 e. The molecule has 1 saturated carbocycles. The zero-order valence-corrected chi connectivity index (χ0v) is 6.74. The van der Waals surface area contributed by atoms with Crippen molar-refractivity contribution < 1.29 is 4.79 Å². The first-order valence-electron chi connectivity index (χ1n) is 3.94. The maximum absolute atomic E-state index is 11.3. The molecule has 0 radical (unpaired) electrons. The van der Waals surface area contributed by atoms with Crippen molar-refractivity contribution in [2.45, 2.75) is 19.4 Å². The van der Waals surface area contributed by atoms with Gasteiger partial charge in [-0.3, -0.25) is 4.79 Å². The summed E-state index contributed by atoms with van der Waals surface area (Å²) in [5.74, 6) is 0.471. The first-order chi connectivity index (χ1) is 5.77. The number of rotatable bonds is 2. The molecule has 5 nitrogen and oxygen atoms in total. The highest BCUT2D eigenvalue weighted by atomic mass is 16.2. The van der Waals surface area contributed by atoms with E-state index in [-0.39, 0.29) is 5.91 Å². The molecule has 1 heterocycles. The SMILES string of the molecule is CC1CC1NC(=O)c1cn[nH]n1. The highest BCUT2D eigenvalue weighted by Crippen LogP contribution is 2.28. The van der Waals surface area contributed by atoms with Crippen LogP contribution in [0.15, 0.2) is 6.20 Å². The van der Waals surface area contributed by atoms with Gasteiger partial charge in [0.05, 0.1) is 6.20 Å². The fraction of sp³-hybridized carbons (Fsp3) is 0.571. The summed E-state index contributed by atoms with van der Waals surface area (Å²) in [6, 6.07) is 0.342. The van der Waals surface area contributed by atoms with Crippen molar-refractivity contribution in [2.24, 2.45) is 5.92 Å².